The van der Waals surface area contributed by atoms with Gasteiger partial charge in [-0.1, -0.05) is 31.2 Å². The van der Waals surface area contributed by atoms with Crippen molar-refractivity contribution in [3.8, 4) is 0 Å². The third-order valence-corrected chi connectivity index (χ3v) is 5.00. The summed E-state index contributed by atoms with van der Waals surface area (Å²) in [4.78, 5) is 6.81. The minimum Gasteiger partial charge on any atom is -0.467 e. The predicted octanol–water partition coefficient (Wildman–Crippen LogP) is 3.38. The average Bonchev–Trinajstić information content (AvgIpc) is 3.18. The molecule has 5 heteroatoms. The van der Waals surface area contributed by atoms with Gasteiger partial charge in [-0.3, -0.25) is 9.89 Å². The van der Waals surface area contributed by atoms with Gasteiger partial charge >= 0.3 is 0 Å². The lowest BCUT2D eigenvalue weighted by atomic mass is 9.99. The van der Waals surface area contributed by atoms with Crippen molar-refractivity contribution in [3.05, 3.63) is 59.5 Å². The molecular formula is C21H30N4O. The molecule has 2 N–H and O–H groups in total. The van der Waals surface area contributed by atoms with Gasteiger partial charge in [-0.2, -0.15) is 0 Å². The predicted molar refractivity (Wildman–Crippen MR) is 106 cm³/mol. The number of likely N-dealkylation sites (tertiary alicyclic amines) is 1. The van der Waals surface area contributed by atoms with Gasteiger partial charge in [0.15, 0.2) is 5.96 Å². The molecule has 1 aromatic heterocycles. The van der Waals surface area contributed by atoms with Crippen LogP contribution in [0.4, 0.5) is 0 Å². The van der Waals surface area contributed by atoms with E-state index in [2.05, 4.69) is 51.7 Å². The number of hydrogen-bond donors (Lipinski definition) is 2. The van der Waals surface area contributed by atoms with E-state index in [1.54, 1.807) is 13.3 Å². The molecule has 3 rings (SSSR count). The molecule has 0 aliphatic carbocycles. The van der Waals surface area contributed by atoms with Crippen molar-refractivity contribution >= 4 is 5.96 Å². The van der Waals surface area contributed by atoms with Crippen LogP contribution in [0, 0.1) is 5.92 Å². The summed E-state index contributed by atoms with van der Waals surface area (Å²) in [5.41, 5.74) is 2.64. The van der Waals surface area contributed by atoms with Crippen molar-refractivity contribution in [1.29, 1.82) is 0 Å². The molecule has 1 aliphatic heterocycles. The average molecular weight is 354 g/mol. The van der Waals surface area contributed by atoms with Crippen LogP contribution in [0.25, 0.3) is 0 Å². The molecule has 1 saturated heterocycles. The van der Waals surface area contributed by atoms with E-state index in [0.29, 0.717) is 6.54 Å². The fourth-order valence-corrected chi connectivity index (χ4v) is 3.23. The fourth-order valence-electron chi connectivity index (χ4n) is 3.23. The Balaban J connectivity index is 1.43. The Bertz CT molecular complexity index is 671. The second-order valence-corrected chi connectivity index (χ2v) is 7.13. The summed E-state index contributed by atoms with van der Waals surface area (Å²) in [5, 5.41) is 6.59. The number of guanidine groups is 1. The highest BCUT2D eigenvalue weighted by Crippen LogP contribution is 2.18. The Labute approximate surface area is 156 Å². The molecule has 0 saturated carbocycles. The lowest BCUT2D eigenvalue weighted by molar-refractivity contribution is 0.185. The topological polar surface area (TPSA) is 52.8 Å². The van der Waals surface area contributed by atoms with Crippen molar-refractivity contribution in [2.75, 3.05) is 20.1 Å². The van der Waals surface area contributed by atoms with E-state index in [1.807, 2.05) is 12.1 Å². The minimum absolute atomic E-state index is 0.625. The largest absolute Gasteiger partial charge is 0.467 e. The molecule has 5 nitrogen and oxygen atoms in total. The zero-order chi connectivity index (χ0) is 18.2. The van der Waals surface area contributed by atoms with Gasteiger partial charge in [0, 0.05) is 20.1 Å². The number of piperidine rings is 1. The highest BCUT2D eigenvalue weighted by molar-refractivity contribution is 5.79. The van der Waals surface area contributed by atoms with Crippen molar-refractivity contribution in [1.82, 2.24) is 15.5 Å². The van der Waals surface area contributed by atoms with Crippen molar-refractivity contribution in [2.45, 2.75) is 39.4 Å². The quantitative estimate of drug-likeness (QED) is 0.617. The van der Waals surface area contributed by atoms with Gasteiger partial charge in [0.2, 0.25) is 0 Å². The lowest BCUT2D eigenvalue weighted by Gasteiger charge is -2.30. The molecule has 26 heavy (non-hydrogen) atoms. The van der Waals surface area contributed by atoms with Crippen LogP contribution in [-0.4, -0.2) is 31.0 Å². The molecule has 2 aromatic rings. The second-order valence-electron chi connectivity index (χ2n) is 7.13. The molecule has 0 radical (unpaired) electrons. The Morgan fingerprint density at radius 1 is 1.08 bits per heavy atom. The standard InChI is InChI=1S/C21H30N4O/c1-17-9-11-25(12-10-17)16-19-7-5-18(6-8-19)14-23-21(22-2)24-15-20-4-3-13-26-20/h3-8,13,17H,9-12,14-16H2,1-2H3,(H2,22,23,24). The van der Waals surface area contributed by atoms with Gasteiger partial charge in [-0.15, -0.1) is 0 Å². The maximum absolute atomic E-state index is 5.32. The van der Waals surface area contributed by atoms with E-state index in [4.69, 9.17) is 4.42 Å². The van der Waals surface area contributed by atoms with E-state index < -0.39 is 0 Å². The highest BCUT2D eigenvalue weighted by Gasteiger charge is 2.15. The fraction of sp³-hybridized carbons (Fsp3) is 0.476. The highest BCUT2D eigenvalue weighted by atomic mass is 16.3. The van der Waals surface area contributed by atoms with Crippen molar-refractivity contribution < 1.29 is 4.42 Å². The van der Waals surface area contributed by atoms with Gasteiger partial charge in [-0.05, 0) is 55.1 Å². The van der Waals surface area contributed by atoms with Gasteiger partial charge < -0.3 is 15.1 Å². The smallest absolute Gasteiger partial charge is 0.191 e. The molecule has 1 aliphatic rings. The van der Waals surface area contributed by atoms with Crippen molar-refractivity contribution in [3.63, 3.8) is 0 Å². The van der Waals surface area contributed by atoms with Crippen LogP contribution in [0.5, 0.6) is 0 Å². The number of benzene rings is 1. The second kappa shape index (κ2) is 9.43. The molecule has 1 fully saturated rings. The number of rotatable bonds is 6. The van der Waals surface area contributed by atoms with Crippen LogP contribution in [0.3, 0.4) is 0 Å². The van der Waals surface area contributed by atoms with Crippen LogP contribution in [-0.2, 0) is 19.6 Å². The van der Waals surface area contributed by atoms with Crippen LogP contribution in [0.2, 0.25) is 0 Å². The first-order valence-corrected chi connectivity index (χ1v) is 9.50. The normalized spacial score (nSPS) is 16.6. The van der Waals surface area contributed by atoms with E-state index in [-0.39, 0.29) is 0 Å². The molecule has 0 atom stereocenters. The van der Waals surface area contributed by atoms with Gasteiger partial charge in [0.05, 0.1) is 12.8 Å². The summed E-state index contributed by atoms with van der Waals surface area (Å²) in [6, 6.07) is 12.7. The van der Waals surface area contributed by atoms with Gasteiger partial charge in [-0.25, -0.2) is 0 Å². The summed E-state index contributed by atoms with van der Waals surface area (Å²) in [6.45, 7) is 7.24. The van der Waals surface area contributed by atoms with E-state index in [1.165, 1.54) is 37.1 Å². The maximum Gasteiger partial charge on any atom is 0.191 e. The molecule has 2 heterocycles. The molecule has 0 spiro atoms. The summed E-state index contributed by atoms with van der Waals surface area (Å²) in [6.07, 6.45) is 4.33. The molecule has 0 amide bonds. The van der Waals surface area contributed by atoms with E-state index in [9.17, 15) is 0 Å². The Hall–Kier alpha value is -2.27. The Kier molecular flexibility index (Phi) is 6.72. The van der Waals surface area contributed by atoms with Gasteiger partial charge in [0.1, 0.15) is 5.76 Å². The Morgan fingerprint density at radius 2 is 1.77 bits per heavy atom. The lowest BCUT2D eigenvalue weighted by Crippen LogP contribution is -2.36. The summed E-state index contributed by atoms with van der Waals surface area (Å²) < 4.78 is 5.32. The first-order valence-electron chi connectivity index (χ1n) is 9.50. The molecule has 140 valence electrons. The third-order valence-electron chi connectivity index (χ3n) is 5.00. The summed E-state index contributed by atoms with van der Waals surface area (Å²) >= 11 is 0. The molecular weight excluding hydrogens is 324 g/mol. The first-order chi connectivity index (χ1) is 12.7. The maximum atomic E-state index is 5.32. The van der Waals surface area contributed by atoms with Crippen LogP contribution in [0.15, 0.2) is 52.1 Å². The minimum atomic E-state index is 0.625. The Morgan fingerprint density at radius 3 is 2.42 bits per heavy atom. The number of hydrogen-bond acceptors (Lipinski definition) is 3. The van der Waals surface area contributed by atoms with E-state index >= 15 is 0 Å². The molecule has 0 unspecified atom stereocenters. The zero-order valence-corrected chi connectivity index (χ0v) is 15.9. The summed E-state index contributed by atoms with van der Waals surface area (Å²) in [7, 11) is 1.78. The molecule has 1 aromatic carbocycles. The number of nitrogens with zero attached hydrogens (tertiary/aromatic N) is 2. The van der Waals surface area contributed by atoms with Crippen LogP contribution >= 0.6 is 0 Å². The number of aliphatic imine (C=N–C) groups is 1. The summed E-state index contributed by atoms with van der Waals surface area (Å²) in [5.74, 6) is 2.55. The van der Waals surface area contributed by atoms with Crippen molar-refractivity contribution in [2.24, 2.45) is 10.9 Å². The monoisotopic (exact) mass is 354 g/mol. The third kappa shape index (κ3) is 5.63. The zero-order valence-electron chi connectivity index (χ0n) is 15.9. The van der Waals surface area contributed by atoms with Crippen LogP contribution in [0.1, 0.15) is 36.7 Å². The first kappa shape index (κ1) is 18.5. The van der Waals surface area contributed by atoms with Crippen LogP contribution < -0.4 is 10.6 Å². The van der Waals surface area contributed by atoms with E-state index in [0.717, 1.165) is 30.7 Å². The number of furan rings is 1. The van der Waals surface area contributed by atoms with Gasteiger partial charge in [0.25, 0.3) is 0 Å². The number of nitrogens with one attached hydrogen (secondary N) is 2. The SMILES string of the molecule is CN=C(NCc1ccc(CN2CCC(C)CC2)cc1)NCc1ccco1. The molecule has 0 bridgehead atoms.